The molecular formula is C66H115N19O19. The first-order valence-corrected chi connectivity index (χ1v) is 35.5. The minimum absolute atomic E-state index is 0.00766. The second-order valence-corrected chi connectivity index (χ2v) is 26.5. The molecule has 25 N–H and O–H groups in total. The predicted molar refractivity (Wildman–Crippen MR) is 378 cm³/mol. The molecule has 1 heterocycles. The van der Waals surface area contributed by atoms with E-state index in [4.69, 9.17) is 28.7 Å². The Labute approximate surface area is 606 Å². The summed E-state index contributed by atoms with van der Waals surface area (Å²) in [5.41, 5.74) is 28.2. The lowest BCUT2D eigenvalue weighted by atomic mass is 9.94. The molecule has 0 unspecified atom stereocenters. The first-order valence-electron chi connectivity index (χ1n) is 35.5. The third kappa shape index (κ3) is 36.4. The number of rotatable bonds is 43. The van der Waals surface area contributed by atoms with Crippen LogP contribution >= 0.6 is 0 Å². The molecule has 1 aliphatic heterocycles. The number of carbonyl (C=O) groups excluding carboxylic acids is 15. The van der Waals surface area contributed by atoms with Gasteiger partial charge >= 0.3 is 11.9 Å². The SMILES string of the molecule is CCCC[C@H](NC(=O)[C@H](CC(C)C)NC(=O)[C@H](CCCCN)NC(=O)[C@H](CCCN=C(N)N)NC(=O)[C@H](CC(N)=O)NC(=O)[C@@H]1CCCCNC(=O)CC[C@H](NC(C)=O)C(=O)N[C@@H](C)C(=O)N[C@@H](CCC(=O)O)C(=O)N1)C(=O)N[C@@H](CCC(=O)O)C(=O)N[C@H](C(=O)N[C@H](C(N)=O)[C@@H](C)CC)[C@@H](C)CC. The van der Waals surface area contributed by atoms with E-state index < -0.39 is 211 Å². The van der Waals surface area contributed by atoms with E-state index in [-0.39, 0.29) is 108 Å². The molecule has 1 aliphatic rings. The molecule has 104 heavy (non-hydrogen) atoms. The van der Waals surface area contributed by atoms with Crippen molar-refractivity contribution in [3.8, 4) is 0 Å². The monoisotopic (exact) mass is 1480 g/mol. The van der Waals surface area contributed by atoms with Gasteiger partial charge in [0, 0.05) is 39.3 Å². The number of hydrogen-bond acceptors (Lipinski definition) is 19. The molecule has 0 aromatic rings. The van der Waals surface area contributed by atoms with Gasteiger partial charge < -0.3 is 108 Å². The summed E-state index contributed by atoms with van der Waals surface area (Å²) in [4.78, 5) is 233. The summed E-state index contributed by atoms with van der Waals surface area (Å²) in [6.45, 7) is 14.6. The van der Waals surface area contributed by atoms with Gasteiger partial charge in [-0.05, 0) is 115 Å². The number of amides is 15. The number of aliphatic imine (C=N–C) groups is 1. The number of carboxylic acids is 2. The van der Waals surface area contributed by atoms with Gasteiger partial charge in [-0.2, -0.15) is 0 Å². The van der Waals surface area contributed by atoms with Crippen molar-refractivity contribution in [2.24, 2.45) is 51.4 Å². The lowest BCUT2D eigenvalue weighted by Crippen LogP contribution is -2.61. The van der Waals surface area contributed by atoms with Gasteiger partial charge in [-0.1, -0.05) is 74.1 Å². The van der Waals surface area contributed by atoms with Gasteiger partial charge in [-0.15, -0.1) is 0 Å². The van der Waals surface area contributed by atoms with Crippen molar-refractivity contribution < 1.29 is 91.7 Å². The summed E-state index contributed by atoms with van der Waals surface area (Å²) < 4.78 is 0. The number of aliphatic carboxylic acids is 2. The van der Waals surface area contributed by atoms with Crippen LogP contribution in [0.1, 0.15) is 197 Å². The summed E-state index contributed by atoms with van der Waals surface area (Å²) in [5.74, 6) is -18.1. The van der Waals surface area contributed by atoms with Gasteiger partial charge in [0.2, 0.25) is 88.6 Å². The summed E-state index contributed by atoms with van der Waals surface area (Å²) in [5, 5.41) is 52.2. The second kappa shape index (κ2) is 49.0. The van der Waals surface area contributed by atoms with Gasteiger partial charge in [0.1, 0.15) is 72.5 Å². The molecule has 0 bridgehead atoms. The number of carbonyl (C=O) groups is 17. The van der Waals surface area contributed by atoms with Crippen LogP contribution in [0.25, 0.3) is 0 Å². The van der Waals surface area contributed by atoms with Crippen LogP contribution in [0.15, 0.2) is 4.99 Å². The number of unbranched alkanes of at least 4 members (excludes halogenated alkanes) is 2. The third-order valence-electron chi connectivity index (χ3n) is 17.2. The van der Waals surface area contributed by atoms with Crippen LogP contribution in [0.3, 0.4) is 0 Å². The van der Waals surface area contributed by atoms with E-state index in [0.717, 1.165) is 6.92 Å². The Kier molecular flexibility index (Phi) is 43.4. The van der Waals surface area contributed by atoms with E-state index in [9.17, 15) is 91.7 Å². The average molecular weight is 1480 g/mol. The van der Waals surface area contributed by atoms with Crippen LogP contribution in [0.4, 0.5) is 0 Å². The highest BCUT2D eigenvalue weighted by Crippen LogP contribution is 2.16. The zero-order valence-electron chi connectivity index (χ0n) is 61.3. The molecule has 0 saturated carbocycles. The van der Waals surface area contributed by atoms with E-state index in [1.165, 1.54) is 6.92 Å². The summed E-state index contributed by atoms with van der Waals surface area (Å²) in [6.07, 6.45) is -1.94. The van der Waals surface area contributed by atoms with Crippen molar-refractivity contribution in [2.45, 2.75) is 270 Å². The first-order chi connectivity index (χ1) is 48.9. The number of hydrogen-bond donors (Lipinski definition) is 20. The van der Waals surface area contributed by atoms with Gasteiger partial charge in [-0.25, -0.2) is 0 Å². The van der Waals surface area contributed by atoms with E-state index in [1.54, 1.807) is 48.5 Å². The lowest BCUT2D eigenvalue weighted by molar-refractivity contribution is -0.139. The molecule has 1 fully saturated rings. The van der Waals surface area contributed by atoms with E-state index in [1.807, 2.05) is 0 Å². The van der Waals surface area contributed by atoms with Crippen LogP contribution < -0.4 is 97.8 Å². The normalized spacial score (nSPS) is 19.0. The molecule has 0 spiro atoms. The van der Waals surface area contributed by atoms with E-state index in [2.05, 4.69) is 74.1 Å². The molecule has 588 valence electrons. The topological polar surface area (TPSA) is 629 Å². The Morgan fingerprint density at radius 1 is 0.558 bits per heavy atom. The lowest BCUT2D eigenvalue weighted by Gasteiger charge is -2.30. The second-order valence-electron chi connectivity index (χ2n) is 26.5. The standard InChI is InChI=1S/C66H115N19O19/c1-10-13-19-39(57(96)81-45(25-28-51(91)92)62(101)85-53(36(7)12-3)65(104)84-52(54(69)93)35(6)11-2)79-63(102)46(32-34(4)5)82-59(98)40(20-14-16-29-67)77-58(97)42(22-18-31-73-66(70)71)80-64(103)47(33-48(68)87)83-60(99)41-21-15-17-30-72-49(88)26-23-43(75-38(9)86)56(95)74-37(8)55(94)76-44(61(100)78-41)24-27-50(89)90/h34-37,39-47,52-53H,10-33,67H2,1-9H3,(H2,68,87)(H2,69,93)(H,72,88)(H,74,95)(H,75,86)(H,76,94)(H,77,97)(H,78,100)(H,79,102)(H,80,103)(H,81,96)(H,82,98)(H,83,99)(H,84,104)(H,85,101)(H,89,90)(H,91,92)(H4,70,71,73)/t35-,36-,37-,39-,40-,41-,42-,43-,44-,45-,46-,47-,52-,53-/m0/s1. The van der Waals surface area contributed by atoms with Crippen molar-refractivity contribution >= 4 is 107 Å². The molecule has 0 radical (unpaired) electrons. The van der Waals surface area contributed by atoms with Crippen LogP contribution in [0, 0.1) is 17.8 Å². The number of primary amides is 2. The fraction of sp³-hybridized carbons (Fsp3) is 0.727. The summed E-state index contributed by atoms with van der Waals surface area (Å²) in [6, 6.07) is -17.7. The van der Waals surface area contributed by atoms with Gasteiger partial charge in [-0.3, -0.25) is 86.5 Å². The van der Waals surface area contributed by atoms with Crippen molar-refractivity contribution in [2.75, 3.05) is 19.6 Å². The first kappa shape index (κ1) is 92.2. The quantitative estimate of drug-likeness (QED) is 0.0155. The van der Waals surface area contributed by atoms with Crippen LogP contribution in [0.2, 0.25) is 0 Å². The third-order valence-corrected chi connectivity index (χ3v) is 17.2. The number of guanidine groups is 1. The number of nitrogens with two attached hydrogens (primary N) is 5. The highest BCUT2D eigenvalue weighted by molar-refractivity contribution is 6.00. The molecule has 1 rings (SSSR count). The summed E-state index contributed by atoms with van der Waals surface area (Å²) >= 11 is 0. The van der Waals surface area contributed by atoms with Crippen molar-refractivity contribution in [3.05, 3.63) is 0 Å². The molecule has 1 saturated heterocycles. The number of nitrogens with one attached hydrogen (secondary N) is 13. The highest BCUT2D eigenvalue weighted by atomic mass is 16.4. The number of carboxylic acid groups (broad SMARTS) is 2. The molecule has 0 aromatic heterocycles. The Morgan fingerprint density at radius 2 is 1.07 bits per heavy atom. The van der Waals surface area contributed by atoms with Gasteiger partial charge in [0.25, 0.3) is 0 Å². The largest absolute Gasteiger partial charge is 0.481 e. The maximum atomic E-state index is 14.7. The van der Waals surface area contributed by atoms with Crippen molar-refractivity contribution in [1.29, 1.82) is 0 Å². The zero-order chi connectivity index (χ0) is 78.9. The predicted octanol–water partition coefficient (Wildman–Crippen LogP) is -4.47. The summed E-state index contributed by atoms with van der Waals surface area (Å²) in [7, 11) is 0. The Hall–Kier alpha value is -9.78. The molecule has 0 aliphatic carbocycles. The molecule has 38 nitrogen and oxygen atoms in total. The van der Waals surface area contributed by atoms with Crippen molar-refractivity contribution in [1.82, 2.24) is 69.1 Å². The fourth-order valence-corrected chi connectivity index (χ4v) is 10.8. The maximum absolute atomic E-state index is 14.7. The number of nitrogens with zero attached hydrogens (tertiary/aromatic N) is 1. The smallest absolute Gasteiger partial charge is 0.303 e. The molecule has 38 heteroatoms. The molecule has 14 atom stereocenters. The van der Waals surface area contributed by atoms with Crippen LogP contribution in [-0.2, 0) is 81.5 Å². The minimum Gasteiger partial charge on any atom is -0.481 e. The average Bonchev–Trinajstić information content (AvgIpc) is 0.857. The Morgan fingerprint density at radius 3 is 1.58 bits per heavy atom. The minimum atomic E-state index is -1.90. The maximum Gasteiger partial charge on any atom is 0.303 e. The van der Waals surface area contributed by atoms with E-state index >= 15 is 0 Å². The molecular weight excluding hydrogens is 1360 g/mol. The Balaban J connectivity index is 3.81. The molecule has 0 aromatic carbocycles. The van der Waals surface area contributed by atoms with Crippen molar-refractivity contribution in [3.63, 3.8) is 0 Å². The van der Waals surface area contributed by atoms with Gasteiger partial charge in [0.05, 0.1) is 6.42 Å². The van der Waals surface area contributed by atoms with E-state index in [0.29, 0.717) is 32.1 Å². The van der Waals surface area contributed by atoms with Gasteiger partial charge in [0.15, 0.2) is 5.96 Å². The van der Waals surface area contributed by atoms with Crippen LogP contribution in [-0.4, -0.2) is 209 Å². The van der Waals surface area contributed by atoms with Crippen LogP contribution in [0.5, 0.6) is 0 Å². The Bertz CT molecular complexity index is 2970. The highest BCUT2D eigenvalue weighted by Gasteiger charge is 2.38. The fourth-order valence-electron chi connectivity index (χ4n) is 10.8. The zero-order valence-corrected chi connectivity index (χ0v) is 61.3. The molecule has 15 amide bonds.